The van der Waals surface area contributed by atoms with Crippen LogP contribution in [0.4, 0.5) is 13.2 Å². The molecule has 1 heterocycles. The summed E-state index contributed by atoms with van der Waals surface area (Å²) in [5, 5.41) is 4.42. The molecule has 0 radical (unpaired) electrons. The minimum atomic E-state index is -1.22. The van der Waals surface area contributed by atoms with Crippen LogP contribution in [0.25, 0.3) is 0 Å². The van der Waals surface area contributed by atoms with E-state index < -0.39 is 17.5 Å². The first-order chi connectivity index (χ1) is 11.4. The van der Waals surface area contributed by atoms with Gasteiger partial charge < -0.3 is 10.5 Å². The molecule has 2 N–H and O–H groups in total. The van der Waals surface area contributed by atoms with Gasteiger partial charge in [0.05, 0.1) is 5.69 Å². The average Bonchev–Trinajstić information content (AvgIpc) is 2.90. The summed E-state index contributed by atoms with van der Waals surface area (Å²) >= 11 is 0. The number of halogens is 3. The Morgan fingerprint density at radius 1 is 1.12 bits per heavy atom. The van der Waals surface area contributed by atoms with Crippen molar-refractivity contribution in [1.29, 1.82) is 0 Å². The molecule has 0 amide bonds. The second-order valence-corrected chi connectivity index (χ2v) is 6.06. The molecule has 0 unspecified atom stereocenters. The first-order valence-electron chi connectivity index (χ1n) is 7.93. The minimum absolute atomic E-state index is 0.0501. The summed E-state index contributed by atoms with van der Waals surface area (Å²) in [6.07, 6.45) is 1.50. The van der Waals surface area contributed by atoms with E-state index in [0.29, 0.717) is 37.4 Å². The van der Waals surface area contributed by atoms with E-state index in [1.165, 1.54) is 0 Å². The van der Waals surface area contributed by atoms with Gasteiger partial charge >= 0.3 is 0 Å². The number of aryl methyl sites for hydroxylation is 1. The van der Waals surface area contributed by atoms with E-state index in [0.717, 1.165) is 18.2 Å². The van der Waals surface area contributed by atoms with Gasteiger partial charge in [-0.15, -0.1) is 0 Å². The van der Waals surface area contributed by atoms with Gasteiger partial charge in [0.25, 0.3) is 0 Å². The Kier molecular flexibility index (Phi) is 6.25. The molecule has 24 heavy (non-hydrogen) atoms. The van der Waals surface area contributed by atoms with Crippen LogP contribution in [0.5, 0.6) is 5.88 Å². The largest absolute Gasteiger partial charge is 0.473 e. The monoisotopic (exact) mass is 341 g/mol. The highest BCUT2D eigenvalue weighted by Crippen LogP contribution is 2.20. The Morgan fingerprint density at radius 3 is 2.50 bits per heavy atom. The van der Waals surface area contributed by atoms with Crippen LogP contribution in [-0.2, 0) is 19.6 Å². The van der Waals surface area contributed by atoms with Crippen molar-refractivity contribution in [3.63, 3.8) is 0 Å². The fourth-order valence-corrected chi connectivity index (χ4v) is 2.20. The Balaban J connectivity index is 2.14. The molecule has 1 aromatic heterocycles. The van der Waals surface area contributed by atoms with E-state index in [1.807, 2.05) is 0 Å². The molecule has 2 aromatic rings. The molecule has 1 aromatic carbocycles. The van der Waals surface area contributed by atoms with E-state index in [2.05, 4.69) is 18.9 Å². The Hall–Kier alpha value is -2.02. The summed E-state index contributed by atoms with van der Waals surface area (Å²) in [5.74, 6) is -2.22. The van der Waals surface area contributed by atoms with E-state index in [-0.39, 0.29) is 12.2 Å². The third kappa shape index (κ3) is 4.74. The first-order valence-corrected chi connectivity index (χ1v) is 7.93. The number of nitrogens with zero attached hydrogens (tertiary/aromatic N) is 2. The van der Waals surface area contributed by atoms with Crippen LogP contribution in [0.15, 0.2) is 18.2 Å². The summed E-state index contributed by atoms with van der Waals surface area (Å²) in [7, 11) is 0. The molecule has 2 rings (SSSR count). The Morgan fingerprint density at radius 2 is 1.83 bits per heavy atom. The average molecular weight is 341 g/mol. The van der Waals surface area contributed by atoms with Gasteiger partial charge in [-0.1, -0.05) is 13.8 Å². The molecular formula is C17H22F3N3O. The van der Waals surface area contributed by atoms with Crippen molar-refractivity contribution in [2.24, 2.45) is 11.7 Å². The van der Waals surface area contributed by atoms with Gasteiger partial charge in [0, 0.05) is 30.7 Å². The van der Waals surface area contributed by atoms with E-state index >= 15 is 0 Å². The van der Waals surface area contributed by atoms with Crippen LogP contribution >= 0.6 is 0 Å². The second kappa shape index (κ2) is 8.19. The van der Waals surface area contributed by atoms with E-state index in [1.54, 1.807) is 10.7 Å². The van der Waals surface area contributed by atoms with E-state index in [9.17, 15) is 13.2 Å². The predicted octanol–water partition coefficient (Wildman–Crippen LogP) is 3.43. The smallest absolute Gasteiger partial charge is 0.212 e. The van der Waals surface area contributed by atoms with Gasteiger partial charge in [0.2, 0.25) is 5.88 Å². The molecule has 0 saturated carbocycles. The third-order valence-corrected chi connectivity index (χ3v) is 3.58. The van der Waals surface area contributed by atoms with Crippen molar-refractivity contribution in [2.75, 3.05) is 6.54 Å². The first kappa shape index (κ1) is 18.3. The lowest BCUT2D eigenvalue weighted by atomic mass is 10.1. The zero-order valence-electron chi connectivity index (χ0n) is 13.9. The van der Waals surface area contributed by atoms with Crippen molar-refractivity contribution in [3.8, 4) is 5.88 Å². The van der Waals surface area contributed by atoms with Crippen molar-refractivity contribution in [1.82, 2.24) is 9.78 Å². The van der Waals surface area contributed by atoms with Gasteiger partial charge in [0.1, 0.15) is 12.4 Å². The topological polar surface area (TPSA) is 53.1 Å². The number of rotatable bonds is 8. The maximum absolute atomic E-state index is 13.7. The molecule has 0 atom stereocenters. The van der Waals surface area contributed by atoms with Gasteiger partial charge in [-0.2, -0.15) is 5.10 Å². The Labute approximate surface area is 139 Å². The van der Waals surface area contributed by atoms with Gasteiger partial charge in [-0.25, -0.2) is 17.9 Å². The van der Waals surface area contributed by atoms with E-state index in [4.69, 9.17) is 10.5 Å². The summed E-state index contributed by atoms with van der Waals surface area (Å²) in [5.41, 5.74) is 6.27. The van der Waals surface area contributed by atoms with Crippen molar-refractivity contribution >= 4 is 0 Å². The predicted molar refractivity (Wildman–Crippen MR) is 85.1 cm³/mol. The van der Waals surface area contributed by atoms with Crippen LogP contribution in [0.3, 0.4) is 0 Å². The van der Waals surface area contributed by atoms with Crippen LogP contribution in [-0.4, -0.2) is 16.3 Å². The molecule has 0 fully saturated rings. The van der Waals surface area contributed by atoms with Crippen LogP contribution in [0.2, 0.25) is 0 Å². The standard InChI is InChI=1S/C17H22F3N3O/c1-11(2)4-6-23-17(8-13(22-23)3-5-21)24-10-12-7-15(19)16(20)9-14(12)18/h7-9,11H,3-6,10,21H2,1-2H3. The second-order valence-electron chi connectivity index (χ2n) is 6.06. The highest BCUT2D eigenvalue weighted by Gasteiger charge is 2.13. The molecule has 4 nitrogen and oxygen atoms in total. The fourth-order valence-electron chi connectivity index (χ4n) is 2.20. The maximum atomic E-state index is 13.7. The molecule has 0 aliphatic carbocycles. The normalized spacial score (nSPS) is 11.3. The summed E-state index contributed by atoms with van der Waals surface area (Å²) in [6, 6.07) is 3.06. The number of ether oxygens (including phenoxy) is 1. The SMILES string of the molecule is CC(C)CCn1nc(CCN)cc1OCc1cc(F)c(F)cc1F. The highest BCUT2D eigenvalue weighted by molar-refractivity contribution is 5.21. The summed E-state index contributed by atoms with van der Waals surface area (Å²) in [6.45, 7) is 5.09. The quantitative estimate of drug-likeness (QED) is 0.749. The molecule has 0 spiro atoms. The number of hydrogen-bond donors (Lipinski definition) is 1. The Bertz CT molecular complexity index is 686. The van der Waals surface area contributed by atoms with Gasteiger partial charge in [-0.3, -0.25) is 0 Å². The zero-order chi connectivity index (χ0) is 17.7. The molecule has 0 saturated heterocycles. The van der Waals surface area contributed by atoms with Crippen LogP contribution in [0, 0.1) is 23.4 Å². The number of nitrogens with two attached hydrogens (primary N) is 1. The lowest BCUT2D eigenvalue weighted by Crippen LogP contribution is -2.09. The lowest BCUT2D eigenvalue weighted by Gasteiger charge is -2.11. The van der Waals surface area contributed by atoms with Crippen LogP contribution < -0.4 is 10.5 Å². The minimum Gasteiger partial charge on any atom is -0.473 e. The third-order valence-electron chi connectivity index (χ3n) is 3.58. The fraction of sp³-hybridized carbons (Fsp3) is 0.471. The molecule has 0 aliphatic heterocycles. The van der Waals surface area contributed by atoms with Gasteiger partial charge in [-0.05, 0) is 24.9 Å². The number of aromatic nitrogens is 2. The maximum Gasteiger partial charge on any atom is 0.212 e. The highest BCUT2D eigenvalue weighted by atomic mass is 19.2. The van der Waals surface area contributed by atoms with Crippen molar-refractivity contribution < 1.29 is 17.9 Å². The van der Waals surface area contributed by atoms with Crippen LogP contribution in [0.1, 0.15) is 31.5 Å². The molecule has 132 valence electrons. The lowest BCUT2D eigenvalue weighted by molar-refractivity contribution is 0.263. The van der Waals surface area contributed by atoms with Crippen molar-refractivity contribution in [2.45, 2.75) is 39.8 Å². The number of hydrogen-bond acceptors (Lipinski definition) is 3. The molecular weight excluding hydrogens is 319 g/mol. The molecule has 0 aliphatic rings. The molecule has 7 heteroatoms. The van der Waals surface area contributed by atoms with Gasteiger partial charge in [0.15, 0.2) is 11.6 Å². The number of benzene rings is 1. The summed E-state index contributed by atoms with van der Waals surface area (Å²) in [4.78, 5) is 0. The molecule has 0 bridgehead atoms. The zero-order valence-corrected chi connectivity index (χ0v) is 13.9. The summed E-state index contributed by atoms with van der Waals surface area (Å²) < 4.78 is 47.2. The van der Waals surface area contributed by atoms with Crippen molar-refractivity contribution in [3.05, 3.63) is 46.9 Å².